The summed E-state index contributed by atoms with van der Waals surface area (Å²) >= 11 is 0. The number of anilines is 1. The number of carbonyl (C=O) groups is 1. The molecule has 0 N–H and O–H groups in total. The van der Waals surface area contributed by atoms with Crippen LogP contribution in [0.5, 0.6) is 0 Å². The molecule has 104 valence electrons. The Morgan fingerprint density at radius 3 is 2.75 bits per heavy atom. The van der Waals surface area contributed by atoms with Crippen LogP contribution >= 0.6 is 0 Å². The molecule has 0 bridgehead atoms. The van der Waals surface area contributed by atoms with Crippen LogP contribution in [0.4, 0.5) is 5.82 Å². The molecule has 1 fully saturated rings. The number of aldehydes is 1. The van der Waals surface area contributed by atoms with Gasteiger partial charge >= 0.3 is 0 Å². The van der Waals surface area contributed by atoms with E-state index in [-0.39, 0.29) is 5.92 Å². The zero-order chi connectivity index (χ0) is 13.9. The van der Waals surface area contributed by atoms with E-state index >= 15 is 0 Å². The SMILES string of the molecule is N#Cc1cc2c(nc1N1CCC(C=O)CC1)CCCC2. The zero-order valence-electron chi connectivity index (χ0n) is 11.6. The van der Waals surface area contributed by atoms with E-state index in [1.807, 2.05) is 6.07 Å². The van der Waals surface area contributed by atoms with Gasteiger partial charge in [-0.25, -0.2) is 4.98 Å². The van der Waals surface area contributed by atoms with Crippen molar-refractivity contribution >= 4 is 12.1 Å². The molecule has 0 amide bonds. The first-order chi connectivity index (χ1) is 9.81. The van der Waals surface area contributed by atoms with Crippen molar-refractivity contribution in [3.05, 3.63) is 22.9 Å². The number of nitrogens with zero attached hydrogens (tertiary/aromatic N) is 3. The molecule has 0 saturated carbocycles. The minimum Gasteiger partial charge on any atom is -0.355 e. The predicted octanol–water partition coefficient (Wildman–Crippen LogP) is 2.25. The van der Waals surface area contributed by atoms with Gasteiger partial charge in [0.1, 0.15) is 18.2 Å². The third-order valence-electron chi connectivity index (χ3n) is 4.43. The van der Waals surface area contributed by atoms with E-state index in [9.17, 15) is 10.1 Å². The zero-order valence-corrected chi connectivity index (χ0v) is 11.6. The highest BCUT2D eigenvalue weighted by Gasteiger charge is 2.23. The van der Waals surface area contributed by atoms with Gasteiger partial charge in [-0.3, -0.25) is 0 Å². The van der Waals surface area contributed by atoms with Crippen molar-refractivity contribution in [2.45, 2.75) is 38.5 Å². The fourth-order valence-corrected chi connectivity index (χ4v) is 3.19. The number of piperidine rings is 1. The molecule has 1 aliphatic heterocycles. The Balaban J connectivity index is 1.89. The van der Waals surface area contributed by atoms with Gasteiger partial charge in [-0.1, -0.05) is 0 Å². The summed E-state index contributed by atoms with van der Waals surface area (Å²) in [6.45, 7) is 1.65. The van der Waals surface area contributed by atoms with Crippen LogP contribution in [0.2, 0.25) is 0 Å². The van der Waals surface area contributed by atoms with E-state index in [4.69, 9.17) is 4.98 Å². The maximum Gasteiger partial charge on any atom is 0.146 e. The summed E-state index contributed by atoms with van der Waals surface area (Å²) < 4.78 is 0. The molecule has 1 aromatic heterocycles. The molecular weight excluding hydrogens is 250 g/mol. The Labute approximate surface area is 119 Å². The minimum atomic E-state index is 0.175. The van der Waals surface area contributed by atoms with Crippen LogP contribution in [0.25, 0.3) is 0 Å². The molecule has 1 aliphatic carbocycles. The maximum absolute atomic E-state index is 10.8. The van der Waals surface area contributed by atoms with Gasteiger partial charge in [-0.2, -0.15) is 5.26 Å². The summed E-state index contributed by atoms with van der Waals surface area (Å²) in [4.78, 5) is 17.8. The number of carbonyl (C=O) groups excluding carboxylic acids is 1. The van der Waals surface area contributed by atoms with Crippen LogP contribution in [-0.2, 0) is 17.6 Å². The summed E-state index contributed by atoms with van der Waals surface area (Å²) in [6.07, 6.45) is 7.26. The van der Waals surface area contributed by atoms with Gasteiger partial charge in [0.2, 0.25) is 0 Å². The first-order valence-electron chi connectivity index (χ1n) is 7.45. The smallest absolute Gasteiger partial charge is 0.146 e. The van der Waals surface area contributed by atoms with Crippen LogP contribution in [-0.4, -0.2) is 24.4 Å². The van der Waals surface area contributed by atoms with Gasteiger partial charge < -0.3 is 9.69 Å². The van der Waals surface area contributed by atoms with Crippen molar-refractivity contribution in [2.24, 2.45) is 5.92 Å². The highest BCUT2D eigenvalue weighted by Crippen LogP contribution is 2.28. The maximum atomic E-state index is 10.8. The number of aryl methyl sites for hydroxylation is 2. The van der Waals surface area contributed by atoms with E-state index in [1.165, 1.54) is 24.1 Å². The van der Waals surface area contributed by atoms with E-state index in [0.717, 1.165) is 50.9 Å². The second-order valence-electron chi connectivity index (χ2n) is 5.74. The van der Waals surface area contributed by atoms with Gasteiger partial charge in [-0.15, -0.1) is 0 Å². The van der Waals surface area contributed by atoms with Crippen molar-refractivity contribution in [3.8, 4) is 6.07 Å². The third-order valence-corrected chi connectivity index (χ3v) is 4.43. The Hall–Kier alpha value is -1.89. The predicted molar refractivity (Wildman–Crippen MR) is 76.6 cm³/mol. The molecule has 2 aliphatic rings. The van der Waals surface area contributed by atoms with E-state index in [1.54, 1.807) is 0 Å². The van der Waals surface area contributed by atoms with Gasteiger partial charge in [0.15, 0.2) is 0 Å². The quantitative estimate of drug-likeness (QED) is 0.773. The van der Waals surface area contributed by atoms with Gasteiger partial charge in [-0.05, 0) is 50.2 Å². The molecule has 0 spiro atoms. The summed E-state index contributed by atoms with van der Waals surface area (Å²) in [5, 5.41) is 9.38. The largest absolute Gasteiger partial charge is 0.355 e. The third kappa shape index (κ3) is 2.40. The van der Waals surface area contributed by atoms with Gasteiger partial charge in [0.25, 0.3) is 0 Å². The summed E-state index contributed by atoms with van der Waals surface area (Å²) in [6, 6.07) is 4.32. The molecule has 0 aromatic carbocycles. The van der Waals surface area contributed by atoms with Crippen molar-refractivity contribution in [1.29, 1.82) is 5.26 Å². The molecule has 1 saturated heterocycles. The highest BCUT2D eigenvalue weighted by molar-refractivity contribution is 5.58. The number of fused-ring (bicyclic) bond motifs is 1. The number of hydrogen-bond acceptors (Lipinski definition) is 4. The molecule has 3 rings (SSSR count). The van der Waals surface area contributed by atoms with Crippen LogP contribution in [0, 0.1) is 17.2 Å². The van der Waals surface area contributed by atoms with E-state index in [2.05, 4.69) is 11.0 Å². The molecule has 4 nitrogen and oxygen atoms in total. The minimum absolute atomic E-state index is 0.175. The fourth-order valence-electron chi connectivity index (χ4n) is 3.19. The molecular formula is C16H19N3O. The van der Waals surface area contributed by atoms with E-state index in [0.29, 0.717) is 5.56 Å². The fraction of sp³-hybridized carbons (Fsp3) is 0.562. The van der Waals surface area contributed by atoms with Crippen molar-refractivity contribution in [2.75, 3.05) is 18.0 Å². The van der Waals surface area contributed by atoms with E-state index < -0.39 is 0 Å². The first-order valence-corrected chi connectivity index (χ1v) is 7.45. The van der Waals surface area contributed by atoms with Gasteiger partial charge in [0.05, 0.1) is 5.56 Å². The molecule has 0 atom stereocenters. The lowest BCUT2D eigenvalue weighted by atomic mass is 9.94. The first kappa shape index (κ1) is 13.1. The van der Waals surface area contributed by atoms with Gasteiger partial charge in [0, 0.05) is 24.7 Å². The molecule has 0 radical (unpaired) electrons. The second kappa shape index (κ2) is 5.62. The molecule has 2 heterocycles. The van der Waals surface area contributed by atoms with Crippen molar-refractivity contribution < 1.29 is 4.79 Å². The second-order valence-corrected chi connectivity index (χ2v) is 5.74. The van der Waals surface area contributed by atoms with Crippen LogP contribution < -0.4 is 4.90 Å². The summed E-state index contributed by atoms with van der Waals surface area (Å²) in [5.41, 5.74) is 3.11. The highest BCUT2D eigenvalue weighted by atomic mass is 16.1. The topological polar surface area (TPSA) is 57.0 Å². The lowest BCUT2D eigenvalue weighted by Gasteiger charge is -2.32. The average molecular weight is 269 g/mol. The molecule has 20 heavy (non-hydrogen) atoms. The normalized spacial score (nSPS) is 19.2. The summed E-state index contributed by atoms with van der Waals surface area (Å²) in [5.74, 6) is 1.01. The number of nitriles is 1. The number of hydrogen-bond donors (Lipinski definition) is 0. The van der Waals surface area contributed by atoms with Crippen LogP contribution in [0.15, 0.2) is 6.07 Å². The number of aromatic nitrogens is 1. The number of pyridine rings is 1. The molecule has 4 heteroatoms. The number of rotatable bonds is 2. The Morgan fingerprint density at radius 2 is 2.05 bits per heavy atom. The average Bonchev–Trinajstić information content (AvgIpc) is 2.53. The van der Waals surface area contributed by atoms with Crippen molar-refractivity contribution in [1.82, 2.24) is 4.98 Å². The Morgan fingerprint density at radius 1 is 1.30 bits per heavy atom. The Bertz CT molecular complexity index is 554. The van der Waals surface area contributed by atoms with Crippen molar-refractivity contribution in [3.63, 3.8) is 0 Å². The Kier molecular flexibility index (Phi) is 3.68. The molecule has 1 aromatic rings. The molecule has 0 unspecified atom stereocenters. The van der Waals surface area contributed by atoms with Crippen LogP contribution in [0.3, 0.4) is 0 Å². The lowest BCUT2D eigenvalue weighted by Crippen LogP contribution is -2.35. The monoisotopic (exact) mass is 269 g/mol. The summed E-state index contributed by atoms with van der Waals surface area (Å²) in [7, 11) is 0. The lowest BCUT2D eigenvalue weighted by molar-refractivity contribution is -0.111. The standard InChI is InChI=1S/C16H19N3O/c17-10-14-9-13-3-1-2-4-15(13)18-16(14)19-7-5-12(11-20)6-8-19/h9,11-12H,1-8H2. The van der Waals surface area contributed by atoms with Crippen LogP contribution in [0.1, 0.15) is 42.5 Å².